The zero-order valence-corrected chi connectivity index (χ0v) is 11.3. The number of hydrogen-bond acceptors (Lipinski definition) is 3. The van der Waals surface area contributed by atoms with Crippen LogP contribution in [0.15, 0.2) is 0 Å². The maximum atomic E-state index is 11.9. The highest BCUT2D eigenvalue weighted by Crippen LogP contribution is 2.48. The summed E-state index contributed by atoms with van der Waals surface area (Å²) in [5.74, 6) is -1.28. The van der Waals surface area contributed by atoms with E-state index in [1.165, 1.54) is 11.8 Å². The van der Waals surface area contributed by atoms with Crippen LogP contribution >= 0.6 is 0 Å². The summed E-state index contributed by atoms with van der Waals surface area (Å²) in [6, 6.07) is -0.274. The summed E-state index contributed by atoms with van der Waals surface area (Å²) < 4.78 is 0. The standard InChI is InChI=1S/C13H20N2O4/c1-7(16)15(2)6-10(17)14-12-9-4-3-8(5-9)11(12)13(18)19/h8-9,11-12H,3-6H2,1-2H3,(H,14,17)(H,18,19). The van der Waals surface area contributed by atoms with Gasteiger partial charge in [-0.05, 0) is 31.1 Å². The molecule has 0 heterocycles. The fraction of sp³-hybridized carbons (Fsp3) is 0.769. The van der Waals surface area contributed by atoms with Gasteiger partial charge in [0, 0.05) is 20.0 Å². The minimum absolute atomic E-state index is 0.0183. The Morgan fingerprint density at radius 3 is 2.47 bits per heavy atom. The molecule has 6 heteroatoms. The summed E-state index contributed by atoms with van der Waals surface area (Å²) in [7, 11) is 1.55. The van der Waals surface area contributed by atoms with Crippen molar-refractivity contribution in [1.29, 1.82) is 0 Å². The normalized spacial score (nSPS) is 32.1. The molecule has 0 aliphatic heterocycles. The number of carboxylic acids is 1. The number of carbonyl (C=O) groups excluding carboxylic acids is 2. The van der Waals surface area contributed by atoms with Gasteiger partial charge >= 0.3 is 5.97 Å². The van der Waals surface area contributed by atoms with Crippen molar-refractivity contribution in [2.75, 3.05) is 13.6 Å². The molecule has 2 N–H and O–H groups in total. The van der Waals surface area contributed by atoms with E-state index in [0.717, 1.165) is 19.3 Å². The molecule has 2 bridgehead atoms. The molecule has 2 fully saturated rings. The smallest absolute Gasteiger partial charge is 0.308 e. The van der Waals surface area contributed by atoms with Crippen molar-refractivity contribution in [2.45, 2.75) is 32.2 Å². The van der Waals surface area contributed by atoms with Gasteiger partial charge in [0.05, 0.1) is 12.5 Å². The van der Waals surface area contributed by atoms with Crippen LogP contribution in [0.1, 0.15) is 26.2 Å². The van der Waals surface area contributed by atoms with E-state index in [9.17, 15) is 19.5 Å². The molecule has 2 aliphatic carbocycles. The number of aliphatic carboxylic acids is 1. The van der Waals surface area contributed by atoms with E-state index >= 15 is 0 Å². The van der Waals surface area contributed by atoms with E-state index in [4.69, 9.17) is 0 Å². The molecular weight excluding hydrogens is 248 g/mol. The van der Waals surface area contributed by atoms with Crippen LogP contribution < -0.4 is 5.32 Å². The minimum Gasteiger partial charge on any atom is -0.481 e. The fourth-order valence-electron chi connectivity index (χ4n) is 3.41. The largest absolute Gasteiger partial charge is 0.481 e. The van der Waals surface area contributed by atoms with Crippen molar-refractivity contribution in [3.8, 4) is 0 Å². The van der Waals surface area contributed by atoms with Crippen LogP contribution in [0.4, 0.5) is 0 Å². The predicted molar refractivity (Wildman–Crippen MR) is 67.2 cm³/mol. The zero-order valence-electron chi connectivity index (χ0n) is 11.3. The SMILES string of the molecule is CC(=O)N(C)CC(=O)NC1C2CCC(C2)C1C(=O)O. The topological polar surface area (TPSA) is 86.7 Å². The van der Waals surface area contributed by atoms with Gasteiger partial charge in [-0.2, -0.15) is 0 Å². The number of hydrogen-bond donors (Lipinski definition) is 2. The molecule has 19 heavy (non-hydrogen) atoms. The van der Waals surface area contributed by atoms with E-state index in [1.807, 2.05) is 0 Å². The number of fused-ring (bicyclic) bond motifs is 2. The molecule has 2 amide bonds. The molecule has 4 unspecified atom stereocenters. The highest BCUT2D eigenvalue weighted by Gasteiger charge is 2.51. The van der Waals surface area contributed by atoms with Gasteiger partial charge in [0.25, 0.3) is 0 Å². The van der Waals surface area contributed by atoms with Gasteiger partial charge in [-0.25, -0.2) is 0 Å². The first-order valence-corrected chi connectivity index (χ1v) is 6.64. The summed E-state index contributed by atoms with van der Waals surface area (Å²) in [5.41, 5.74) is 0. The van der Waals surface area contributed by atoms with Crippen LogP contribution in [-0.4, -0.2) is 47.4 Å². The maximum absolute atomic E-state index is 11.9. The summed E-state index contributed by atoms with van der Waals surface area (Å²) in [6.07, 6.45) is 2.83. The number of nitrogens with zero attached hydrogens (tertiary/aromatic N) is 1. The summed E-state index contributed by atoms with van der Waals surface area (Å²) in [5, 5.41) is 12.1. The van der Waals surface area contributed by atoms with E-state index in [2.05, 4.69) is 5.32 Å². The molecule has 0 aromatic heterocycles. The average molecular weight is 268 g/mol. The Morgan fingerprint density at radius 1 is 1.26 bits per heavy atom. The number of carbonyl (C=O) groups is 3. The molecule has 0 saturated heterocycles. The number of likely N-dealkylation sites (N-methyl/N-ethyl adjacent to an activating group) is 1. The molecule has 0 aromatic carbocycles. The van der Waals surface area contributed by atoms with Crippen LogP contribution in [-0.2, 0) is 14.4 Å². The Labute approximate surface area is 112 Å². The lowest BCUT2D eigenvalue weighted by Crippen LogP contribution is -2.49. The first-order chi connectivity index (χ1) is 8.90. The molecule has 0 radical (unpaired) electrons. The van der Waals surface area contributed by atoms with Gasteiger partial charge in [-0.3, -0.25) is 14.4 Å². The van der Waals surface area contributed by atoms with Crippen molar-refractivity contribution in [1.82, 2.24) is 10.2 Å². The van der Waals surface area contributed by atoms with Gasteiger partial charge in [0.15, 0.2) is 0 Å². The van der Waals surface area contributed by atoms with Crippen molar-refractivity contribution in [2.24, 2.45) is 17.8 Å². The molecular formula is C13H20N2O4. The van der Waals surface area contributed by atoms with E-state index in [-0.39, 0.29) is 36.2 Å². The third-order valence-electron chi connectivity index (χ3n) is 4.45. The van der Waals surface area contributed by atoms with Gasteiger partial charge in [-0.1, -0.05) is 0 Å². The Hall–Kier alpha value is -1.59. The third-order valence-corrected chi connectivity index (χ3v) is 4.45. The van der Waals surface area contributed by atoms with Gasteiger partial charge in [-0.15, -0.1) is 0 Å². The second-order valence-corrected chi connectivity index (χ2v) is 5.67. The molecule has 106 valence electrons. The molecule has 0 aromatic rings. The predicted octanol–water partition coefficient (Wildman–Crippen LogP) is 0.0802. The monoisotopic (exact) mass is 268 g/mol. The van der Waals surface area contributed by atoms with Crippen LogP contribution in [0.25, 0.3) is 0 Å². The zero-order chi connectivity index (χ0) is 14.2. The van der Waals surface area contributed by atoms with Crippen LogP contribution in [0.2, 0.25) is 0 Å². The summed E-state index contributed by atoms with van der Waals surface area (Å²) in [6.45, 7) is 1.38. The number of amides is 2. The van der Waals surface area contributed by atoms with E-state index < -0.39 is 11.9 Å². The van der Waals surface area contributed by atoms with E-state index in [1.54, 1.807) is 7.05 Å². The van der Waals surface area contributed by atoms with Crippen molar-refractivity contribution >= 4 is 17.8 Å². The van der Waals surface area contributed by atoms with Gasteiger partial charge < -0.3 is 15.3 Å². The Morgan fingerprint density at radius 2 is 1.89 bits per heavy atom. The van der Waals surface area contributed by atoms with Crippen LogP contribution in [0.3, 0.4) is 0 Å². The highest BCUT2D eigenvalue weighted by atomic mass is 16.4. The highest BCUT2D eigenvalue weighted by molar-refractivity contribution is 5.84. The molecule has 0 spiro atoms. The Kier molecular flexibility index (Phi) is 3.78. The molecule has 2 rings (SSSR count). The molecule has 6 nitrogen and oxygen atoms in total. The van der Waals surface area contributed by atoms with E-state index in [0.29, 0.717) is 0 Å². The summed E-state index contributed by atoms with van der Waals surface area (Å²) in [4.78, 5) is 35.5. The third kappa shape index (κ3) is 2.72. The fourth-order valence-corrected chi connectivity index (χ4v) is 3.41. The maximum Gasteiger partial charge on any atom is 0.308 e. The first-order valence-electron chi connectivity index (χ1n) is 6.64. The minimum atomic E-state index is -0.822. The van der Waals surface area contributed by atoms with Gasteiger partial charge in [0.2, 0.25) is 11.8 Å². The van der Waals surface area contributed by atoms with Crippen molar-refractivity contribution in [3.05, 3.63) is 0 Å². The molecule has 2 aliphatic rings. The first kappa shape index (κ1) is 13.8. The van der Waals surface area contributed by atoms with Crippen LogP contribution in [0, 0.1) is 17.8 Å². The number of nitrogens with one attached hydrogen (secondary N) is 1. The summed E-state index contributed by atoms with van der Waals surface area (Å²) >= 11 is 0. The molecule has 4 atom stereocenters. The van der Waals surface area contributed by atoms with Crippen molar-refractivity contribution < 1.29 is 19.5 Å². The lowest BCUT2D eigenvalue weighted by atomic mass is 9.84. The molecule has 2 saturated carbocycles. The average Bonchev–Trinajstić information content (AvgIpc) is 2.88. The Bertz CT molecular complexity index is 409. The second-order valence-electron chi connectivity index (χ2n) is 5.67. The van der Waals surface area contributed by atoms with Gasteiger partial charge in [0.1, 0.15) is 0 Å². The Balaban J connectivity index is 1.96. The van der Waals surface area contributed by atoms with Crippen molar-refractivity contribution in [3.63, 3.8) is 0 Å². The number of rotatable bonds is 4. The lowest BCUT2D eigenvalue weighted by Gasteiger charge is -2.29. The van der Waals surface area contributed by atoms with Crippen LogP contribution in [0.5, 0.6) is 0 Å². The number of carboxylic acid groups (broad SMARTS) is 1. The lowest BCUT2D eigenvalue weighted by molar-refractivity contribution is -0.145. The quantitative estimate of drug-likeness (QED) is 0.756. The second kappa shape index (κ2) is 5.19.